The normalized spacial score (nSPS) is 8.40. The largest absolute Gasteiger partial charge is 0.508 e. The van der Waals surface area contributed by atoms with Crippen molar-refractivity contribution in [2.45, 2.75) is 0 Å². The second kappa shape index (κ2) is 2.85. The molecule has 10 heavy (non-hydrogen) atoms. The Bertz CT molecular complexity index is 274. The van der Waals surface area contributed by atoms with E-state index in [-0.39, 0.29) is 5.75 Å². The predicted octanol–water partition coefficient (Wildman–Crippen LogP) is 1.65. The maximum Gasteiger partial charge on any atom is 0.116 e. The number of hydrogen-bond acceptors (Lipinski definition) is 2. The number of phenolic OH excluding ortho intramolecular Hbond substituents is 1. The molecule has 1 rings (SSSR count). The minimum atomic E-state index is 0.212. The van der Waals surface area contributed by atoms with E-state index >= 15 is 0 Å². The fourth-order valence-corrected chi connectivity index (χ4v) is 0.698. The standard InChI is InChI=1S/C8H7NO/c9-5-4-7-2-1-3-8(10)6-7/h1-4,6,9-10H. The van der Waals surface area contributed by atoms with Crippen LogP contribution < -0.4 is 0 Å². The van der Waals surface area contributed by atoms with E-state index in [1.54, 1.807) is 24.3 Å². The molecular formula is C8H7NO. The molecule has 0 saturated carbocycles. The van der Waals surface area contributed by atoms with Crippen molar-refractivity contribution >= 4 is 11.9 Å². The number of hydrogen-bond donors (Lipinski definition) is 2. The zero-order valence-electron chi connectivity index (χ0n) is 5.33. The van der Waals surface area contributed by atoms with Gasteiger partial charge in [0, 0.05) is 6.08 Å². The van der Waals surface area contributed by atoms with Gasteiger partial charge in [-0.15, -0.1) is 0 Å². The van der Waals surface area contributed by atoms with E-state index in [2.05, 4.69) is 5.87 Å². The van der Waals surface area contributed by atoms with Crippen LogP contribution in [0.5, 0.6) is 5.75 Å². The van der Waals surface area contributed by atoms with E-state index in [0.29, 0.717) is 0 Å². The van der Waals surface area contributed by atoms with Crippen LogP contribution in [0.3, 0.4) is 0 Å². The van der Waals surface area contributed by atoms with Gasteiger partial charge in [0.1, 0.15) is 5.75 Å². The Labute approximate surface area is 59.0 Å². The van der Waals surface area contributed by atoms with Crippen molar-refractivity contribution in [3.63, 3.8) is 0 Å². The van der Waals surface area contributed by atoms with Gasteiger partial charge < -0.3 is 5.11 Å². The van der Waals surface area contributed by atoms with Crippen molar-refractivity contribution in [1.29, 1.82) is 5.41 Å². The summed E-state index contributed by atoms with van der Waals surface area (Å²) in [6, 6.07) is 6.67. The third-order valence-corrected chi connectivity index (χ3v) is 1.11. The second-order valence-corrected chi connectivity index (χ2v) is 1.88. The van der Waals surface area contributed by atoms with Crippen molar-refractivity contribution in [1.82, 2.24) is 0 Å². The molecule has 1 aromatic carbocycles. The number of benzene rings is 1. The molecule has 2 heteroatoms. The summed E-state index contributed by atoms with van der Waals surface area (Å²) in [5.74, 6) is 2.34. The molecule has 0 radical (unpaired) electrons. The third kappa shape index (κ3) is 1.47. The van der Waals surface area contributed by atoms with Gasteiger partial charge in [-0.05, 0) is 23.6 Å². The van der Waals surface area contributed by atoms with Gasteiger partial charge in [-0.2, -0.15) is 0 Å². The average Bonchev–Trinajstić information content (AvgIpc) is 1.88. The number of aromatic hydroxyl groups is 1. The summed E-state index contributed by atoms with van der Waals surface area (Å²) in [6.07, 6.45) is 1.49. The molecule has 0 bridgehead atoms. The lowest BCUT2D eigenvalue weighted by Crippen LogP contribution is -1.69. The Morgan fingerprint density at radius 2 is 2.30 bits per heavy atom. The Morgan fingerprint density at radius 3 is 2.90 bits per heavy atom. The van der Waals surface area contributed by atoms with Gasteiger partial charge in [-0.1, -0.05) is 12.1 Å². The highest BCUT2D eigenvalue weighted by Crippen LogP contribution is 2.10. The average molecular weight is 133 g/mol. The first kappa shape index (κ1) is 6.59. The van der Waals surface area contributed by atoms with Gasteiger partial charge >= 0.3 is 0 Å². The van der Waals surface area contributed by atoms with Crippen LogP contribution >= 0.6 is 0 Å². The van der Waals surface area contributed by atoms with E-state index in [4.69, 9.17) is 10.5 Å². The molecule has 0 unspecified atom stereocenters. The molecular weight excluding hydrogens is 126 g/mol. The van der Waals surface area contributed by atoms with Crippen LogP contribution in [0.2, 0.25) is 0 Å². The number of phenols is 1. The summed E-state index contributed by atoms with van der Waals surface area (Å²) in [4.78, 5) is 0. The zero-order chi connectivity index (χ0) is 7.40. The first-order chi connectivity index (χ1) is 4.83. The van der Waals surface area contributed by atoms with Crippen LogP contribution in [0, 0.1) is 5.41 Å². The van der Waals surface area contributed by atoms with Gasteiger partial charge in [0.15, 0.2) is 0 Å². The molecule has 0 aliphatic rings. The van der Waals surface area contributed by atoms with Crippen LogP contribution in [0.25, 0.3) is 6.08 Å². The van der Waals surface area contributed by atoms with Crippen molar-refractivity contribution in [3.05, 3.63) is 29.8 Å². The minimum absolute atomic E-state index is 0.212. The van der Waals surface area contributed by atoms with Crippen molar-refractivity contribution in [2.24, 2.45) is 0 Å². The summed E-state index contributed by atoms with van der Waals surface area (Å²) in [6.45, 7) is 0. The summed E-state index contributed by atoms with van der Waals surface area (Å²) < 4.78 is 0. The van der Waals surface area contributed by atoms with E-state index in [1.807, 2.05) is 0 Å². The van der Waals surface area contributed by atoms with Crippen molar-refractivity contribution in [3.8, 4) is 5.75 Å². The molecule has 0 aromatic heterocycles. The molecule has 2 nitrogen and oxygen atoms in total. The SMILES string of the molecule is N=C=Cc1cccc(O)c1. The van der Waals surface area contributed by atoms with Crippen LogP contribution in [0.1, 0.15) is 5.56 Å². The molecule has 0 amide bonds. The van der Waals surface area contributed by atoms with Crippen LogP contribution in [0.4, 0.5) is 0 Å². The lowest BCUT2D eigenvalue weighted by molar-refractivity contribution is 0.475. The quantitative estimate of drug-likeness (QED) is 0.562. The molecule has 0 atom stereocenters. The molecule has 1 aromatic rings. The predicted molar refractivity (Wildman–Crippen MR) is 40.3 cm³/mol. The monoisotopic (exact) mass is 133 g/mol. The number of rotatable bonds is 1. The highest BCUT2D eigenvalue weighted by molar-refractivity contribution is 5.76. The Morgan fingerprint density at radius 1 is 1.50 bits per heavy atom. The van der Waals surface area contributed by atoms with Gasteiger partial charge in [0.25, 0.3) is 0 Å². The highest BCUT2D eigenvalue weighted by Gasteiger charge is 1.86. The Balaban J connectivity index is 3.06. The maximum absolute atomic E-state index is 8.93. The topological polar surface area (TPSA) is 44.1 Å². The molecule has 0 saturated heterocycles. The fourth-order valence-electron chi connectivity index (χ4n) is 0.698. The molecule has 0 spiro atoms. The first-order valence-corrected chi connectivity index (χ1v) is 2.87. The molecule has 50 valence electrons. The molecule has 0 heterocycles. The van der Waals surface area contributed by atoms with E-state index in [1.165, 1.54) is 6.08 Å². The summed E-state index contributed by atoms with van der Waals surface area (Å²) in [5, 5.41) is 15.6. The Hall–Kier alpha value is -1.53. The lowest BCUT2D eigenvalue weighted by Gasteiger charge is -1.90. The van der Waals surface area contributed by atoms with Gasteiger partial charge in [-0.25, -0.2) is 0 Å². The molecule has 2 N–H and O–H groups in total. The van der Waals surface area contributed by atoms with E-state index in [0.717, 1.165) is 5.56 Å². The number of nitrogens with one attached hydrogen (secondary N) is 1. The minimum Gasteiger partial charge on any atom is -0.508 e. The van der Waals surface area contributed by atoms with Crippen LogP contribution in [-0.2, 0) is 0 Å². The second-order valence-electron chi connectivity index (χ2n) is 1.88. The maximum atomic E-state index is 8.93. The lowest BCUT2D eigenvalue weighted by atomic mass is 10.2. The molecule has 0 aliphatic heterocycles. The van der Waals surface area contributed by atoms with E-state index in [9.17, 15) is 0 Å². The smallest absolute Gasteiger partial charge is 0.116 e. The first-order valence-electron chi connectivity index (χ1n) is 2.87. The van der Waals surface area contributed by atoms with Gasteiger partial charge in [-0.3, -0.25) is 5.41 Å². The highest BCUT2D eigenvalue weighted by atomic mass is 16.3. The van der Waals surface area contributed by atoms with Crippen LogP contribution in [0.15, 0.2) is 24.3 Å². The summed E-state index contributed by atoms with van der Waals surface area (Å²) >= 11 is 0. The fraction of sp³-hybridized carbons (Fsp3) is 0. The third-order valence-electron chi connectivity index (χ3n) is 1.11. The summed E-state index contributed by atoms with van der Waals surface area (Å²) in [7, 11) is 0. The summed E-state index contributed by atoms with van der Waals surface area (Å²) in [5.41, 5.74) is 0.787. The zero-order valence-corrected chi connectivity index (χ0v) is 5.33. The Kier molecular flexibility index (Phi) is 1.88. The van der Waals surface area contributed by atoms with Crippen molar-refractivity contribution < 1.29 is 5.11 Å². The van der Waals surface area contributed by atoms with E-state index < -0.39 is 0 Å². The van der Waals surface area contributed by atoms with Crippen LogP contribution in [-0.4, -0.2) is 11.0 Å². The molecule has 0 fully saturated rings. The molecule has 0 aliphatic carbocycles. The van der Waals surface area contributed by atoms with Gasteiger partial charge in [0.2, 0.25) is 0 Å². The van der Waals surface area contributed by atoms with Crippen molar-refractivity contribution in [2.75, 3.05) is 0 Å². The van der Waals surface area contributed by atoms with Gasteiger partial charge in [0.05, 0.1) is 0 Å².